The predicted molar refractivity (Wildman–Crippen MR) is 129 cm³/mol. The van der Waals surface area contributed by atoms with Gasteiger partial charge < -0.3 is 20.5 Å². The third-order valence-electron chi connectivity index (χ3n) is 7.04. The molecule has 0 unspecified atom stereocenters. The number of rotatable bonds is 4. The number of nitrogens with one attached hydrogen (secondary N) is 2. The van der Waals surface area contributed by atoms with Crippen LogP contribution in [0, 0.1) is 17.2 Å². The number of piperidine rings is 1. The number of likely N-dealkylation sites (tertiary alicyclic amines) is 1. The van der Waals surface area contributed by atoms with Gasteiger partial charge in [-0.15, -0.1) is 0 Å². The van der Waals surface area contributed by atoms with Crippen LogP contribution in [0.1, 0.15) is 64.9 Å². The molecule has 8 heteroatoms. The Hall–Kier alpha value is -2.19. The molecule has 0 saturated carbocycles. The lowest BCUT2D eigenvalue weighted by molar-refractivity contribution is -0.138. The molecule has 0 aliphatic carbocycles. The van der Waals surface area contributed by atoms with E-state index in [1.807, 2.05) is 20.8 Å². The van der Waals surface area contributed by atoms with Crippen LogP contribution in [0.3, 0.4) is 0 Å². The first kappa shape index (κ1) is 26.4. The molecule has 0 bridgehead atoms. The van der Waals surface area contributed by atoms with Gasteiger partial charge in [0, 0.05) is 24.8 Å². The van der Waals surface area contributed by atoms with Crippen molar-refractivity contribution in [1.29, 1.82) is 0 Å². The van der Waals surface area contributed by atoms with Crippen molar-refractivity contribution in [3.8, 4) is 5.75 Å². The second-order valence-electron chi connectivity index (χ2n) is 10.4. The number of aromatic hydroxyl groups is 1. The highest BCUT2D eigenvalue weighted by atomic mass is 19.1. The molecule has 2 aliphatic rings. The van der Waals surface area contributed by atoms with Gasteiger partial charge in [-0.25, -0.2) is 4.39 Å². The molecule has 0 aromatic heterocycles. The van der Waals surface area contributed by atoms with Gasteiger partial charge in [0.25, 0.3) is 0 Å². The third kappa shape index (κ3) is 6.92. The van der Waals surface area contributed by atoms with E-state index in [-0.39, 0.29) is 29.5 Å². The van der Waals surface area contributed by atoms with Gasteiger partial charge in [-0.05, 0) is 64.1 Å². The highest BCUT2D eigenvalue weighted by Crippen LogP contribution is 2.38. The van der Waals surface area contributed by atoms with E-state index in [0.29, 0.717) is 57.7 Å². The van der Waals surface area contributed by atoms with Crippen LogP contribution in [0.15, 0.2) is 18.2 Å². The molecular formula is C26H40FN3O4. The summed E-state index contributed by atoms with van der Waals surface area (Å²) in [5.41, 5.74) is 0.00522. The maximum absolute atomic E-state index is 13.7. The minimum atomic E-state index is -0.619. The Morgan fingerprint density at radius 3 is 2.62 bits per heavy atom. The smallest absolute Gasteiger partial charge is 0.242 e. The van der Waals surface area contributed by atoms with E-state index >= 15 is 0 Å². The Morgan fingerprint density at radius 2 is 1.91 bits per heavy atom. The van der Waals surface area contributed by atoms with Crippen molar-refractivity contribution in [2.45, 2.75) is 77.9 Å². The maximum atomic E-state index is 13.7. The Kier molecular flexibility index (Phi) is 9.31. The molecule has 3 N–H and O–H groups in total. The van der Waals surface area contributed by atoms with Crippen LogP contribution in [-0.2, 0) is 20.9 Å². The molecule has 2 amide bonds. The molecule has 0 radical (unpaired) electrons. The van der Waals surface area contributed by atoms with Gasteiger partial charge in [0.05, 0.1) is 12.0 Å². The first-order valence-electron chi connectivity index (χ1n) is 12.6. The Labute approximate surface area is 202 Å². The summed E-state index contributed by atoms with van der Waals surface area (Å²) in [6.45, 7) is 8.84. The second kappa shape index (κ2) is 12.0. The quantitative estimate of drug-likeness (QED) is 0.619. The van der Waals surface area contributed by atoms with E-state index in [4.69, 9.17) is 4.74 Å². The Morgan fingerprint density at radius 1 is 1.18 bits per heavy atom. The van der Waals surface area contributed by atoms with Gasteiger partial charge in [0.15, 0.2) is 11.6 Å². The molecule has 2 aliphatic heterocycles. The third-order valence-corrected chi connectivity index (χ3v) is 7.04. The Bertz CT molecular complexity index is 839. The van der Waals surface area contributed by atoms with Gasteiger partial charge in [-0.2, -0.15) is 0 Å². The SMILES string of the molecule is CC(C)C[C@@H]1NC(=O)C2(CCCCOC[C@@H](C)NC1=O)CCN(Cc1cccc(F)c1O)CC2. The number of phenolic OH excluding ortho intramolecular Hbond substituents is 1. The topological polar surface area (TPSA) is 90.9 Å². The van der Waals surface area contributed by atoms with E-state index in [9.17, 15) is 19.1 Å². The summed E-state index contributed by atoms with van der Waals surface area (Å²) in [7, 11) is 0. The van der Waals surface area contributed by atoms with Crippen LogP contribution in [0.5, 0.6) is 5.75 Å². The number of carbonyl (C=O) groups is 2. The molecular weight excluding hydrogens is 437 g/mol. The number of ether oxygens (including phenoxy) is 1. The number of hydrogen-bond acceptors (Lipinski definition) is 5. The van der Waals surface area contributed by atoms with Gasteiger partial charge in [0.1, 0.15) is 6.04 Å². The van der Waals surface area contributed by atoms with E-state index in [2.05, 4.69) is 15.5 Å². The van der Waals surface area contributed by atoms with E-state index < -0.39 is 17.3 Å². The number of carbonyl (C=O) groups excluding carboxylic acids is 2. The van der Waals surface area contributed by atoms with Crippen LogP contribution in [0.2, 0.25) is 0 Å². The van der Waals surface area contributed by atoms with Crippen LogP contribution in [-0.4, -0.2) is 60.2 Å². The minimum absolute atomic E-state index is 0.0469. The molecule has 190 valence electrons. The lowest BCUT2D eigenvalue weighted by Crippen LogP contribution is -2.55. The molecule has 3 rings (SSSR count). The summed E-state index contributed by atoms with van der Waals surface area (Å²) < 4.78 is 19.5. The highest BCUT2D eigenvalue weighted by Gasteiger charge is 2.42. The molecule has 7 nitrogen and oxygen atoms in total. The van der Waals surface area contributed by atoms with Crippen molar-refractivity contribution in [3.63, 3.8) is 0 Å². The molecule has 1 aromatic carbocycles. The first-order chi connectivity index (χ1) is 16.2. The fraction of sp³-hybridized carbons (Fsp3) is 0.692. The summed E-state index contributed by atoms with van der Waals surface area (Å²) >= 11 is 0. The van der Waals surface area contributed by atoms with E-state index in [1.54, 1.807) is 12.1 Å². The van der Waals surface area contributed by atoms with Crippen molar-refractivity contribution >= 4 is 11.8 Å². The summed E-state index contributed by atoms with van der Waals surface area (Å²) in [4.78, 5) is 28.7. The van der Waals surface area contributed by atoms with Crippen molar-refractivity contribution in [3.05, 3.63) is 29.6 Å². The van der Waals surface area contributed by atoms with Crippen LogP contribution in [0.25, 0.3) is 0 Å². The summed E-state index contributed by atoms with van der Waals surface area (Å²) in [5.74, 6) is -0.873. The molecule has 2 fully saturated rings. The van der Waals surface area contributed by atoms with E-state index in [0.717, 1.165) is 19.3 Å². The molecule has 34 heavy (non-hydrogen) atoms. The van der Waals surface area contributed by atoms with Crippen LogP contribution < -0.4 is 10.6 Å². The van der Waals surface area contributed by atoms with Gasteiger partial charge >= 0.3 is 0 Å². The van der Waals surface area contributed by atoms with Crippen molar-refractivity contribution in [2.75, 3.05) is 26.3 Å². The molecule has 1 aromatic rings. The lowest BCUT2D eigenvalue weighted by atomic mass is 9.73. The normalized spacial score (nSPS) is 25.2. The summed E-state index contributed by atoms with van der Waals surface area (Å²) in [6, 6.07) is 3.88. The highest BCUT2D eigenvalue weighted by molar-refractivity contribution is 5.90. The zero-order valence-electron chi connectivity index (χ0n) is 20.7. The van der Waals surface area contributed by atoms with Crippen molar-refractivity contribution in [1.82, 2.24) is 15.5 Å². The van der Waals surface area contributed by atoms with E-state index in [1.165, 1.54) is 6.07 Å². The van der Waals surface area contributed by atoms with Crippen LogP contribution in [0.4, 0.5) is 4.39 Å². The predicted octanol–water partition coefficient (Wildman–Crippen LogP) is 3.35. The lowest BCUT2D eigenvalue weighted by Gasteiger charge is -2.41. The second-order valence-corrected chi connectivity index (χ2v) is 10.4. The number of para-hydroxylation sites is 1. The molecule has 2 atom stereocenters. The van der Waals surface area contributed by atoms with Crippen LogP contribution >= 0.6 is 0 Å². The number of phenols is 1. The standard InChI is InChI=1S/C26H40FN3O4/c1-18(2)15-22-24(32)28-19(3)17-34-14-5-4-9-26(25(33)29-22)10-12-30(13-11-26)16-20-7-6-8-21(27)23(20)31/h6-8,18-19,22,31H,4-5,9-17H2,1-3H3,(H,28,32)(H,29,33)/t19-,22+/m1/s1. The van der Waals surface area contributed by atoms with Gasteiger partial charge in [-0.3, -0.25) is 14.5 Å². The zero-order chi connectivity index (χ0) is 24.7. The molecule has 2 saturated heterocycles. The number of amides is 2. The first-order valence-corrected chi connectivity index (χ1v) is 12.6. The van der Waals surface area contributed by atoms with Crippen molar-refractivity contribution in [2.24, 2.45) is 11.3 Å². The summed E-state index contributed by atoms with van der Waals surface area (Å²) in [6.07, 6.45) is 4.37. The summed E-state index contributed by atoms with van der Waals surface area (Å²) in [5, 5.41) is 16.1. The number of halogens is 1. The Balaban J connectivity index is 1.73. The van der Waals surface area contributed by atoms with Gasteiger partial charge in [0.2, 0.25) is 11.8 Å². The molecule has 2 heterocycles. The maximum Gasteiger partial charge on any atom is 0.242 e. The number of nitrogens with zero attached hydrogens (tertiary/aromatic N) is 1. The average Bonchev–Trinajstić information content (AvgIpc) is 2.79. The van der Waals surface area contributed by atoms with Gasteiger partial charge in [-0.1, -0.05) is 32.4 Å². The zero-order valence-corrected chi connectivity index (χ0v) is 20.7. The monoisotopic (exact) mass is 477 g/mol. The fourth-order valence-electron chi connectivity index (χ4n) is 4.99. The number of benzene rings is 1. The van der Waals surface area contributed by atoms with Crippen molar-refractivity contribution < 1.29 is 23.8 Å². The average molecular weight is 478 g/mol. The minimum Gasteiger partial charge on any atom is -0.505 e. The number of hydrogen-bond donors (Lipinski definition) is 3. The fourth-order valence-corrected chi connectivity index (χ4v) is 4.99. The largest absolute Gasteiger partial charge is 0.505 e. The molecule has 1 spiro atoms.